The maximum Gasteiger partial charge on any atom is 0.237 e. The van der Waals surface area contributed by atoms with Crippen LogP contribution < -0.4 is 10.6 Å². The summed E-state index contributed by atoms with van der Waals surface area (Å²) in [6.45, 7) is 1.78. The molecular formula is C23H29N3OS. The van der Waals surface area contributed by atoms with Gasteiger partial charge in [-0.3, -0.25) is 9.69 Å². The average Bonchev–Trinajstić information content (AvgIpc) is 3.36. The maximum absolute atomic E-state index is 12.6. The Labute approximate surface area is 172 Å². The van der Waals surface area contributed by atoms with Crippen LogP contribution in [-0.2, 0) is 24.2 Å². The second-order valence-corrected chi connectivity index (χ2v) is 8.70. The van der Waals surface area contributed by atoms with Gasteiger partial charge in [0, 0.05) is 37.1 Å². The number of thioether (sulfide) groups is 1. The lowest BCUT2D eigenvalue weighted by Gasteiger charge is -2.29. The number of carbonyl (C=O) groups excluding carboxylic acids is 1. The van der Waals surface area contributed by atoms with Crippen molar-refractivity contribution >= 4 is 17.7 Å². The van der Waals surface area contributed by atoms with E-state index in [2.05, 4.69) is 70.3 Å². The summed E-state index contributed by atoms with van der Waals surface area (Å²) in [5.74, 6) is 0.143. The minimum atomic E-state index is -0.0410. The molecule has 4 rings (SSSR count). The summed E-state index contributed by atoms with van der Waals surface area (Å²) < 4.78 is 0. The van der Waals surface area contributed by atoms with E-state index in [9.17, 15) is 4.79 Å². The van der Waals surface area contributed by atoms with Gasteiger partial charge in [0.2, 0.25) is 5.91 Å². The highest BCUT2D eigenvalue weighted by atomic mass is 32.2. The van der Waals surface area contributed by atoms with Crippen molar-refractivity contribution < 1.29 is 4.79 Å². The Balaban J connectivity index is 1.41. The maximum atomic E-state index is 12.6. The van der Waals surface area contributed by atoms with Crippen LogP contribution in [0.2, 0.25) is 0 Å². The number of benzene rings is 2. The highest BCUT2D eigenvalue weighted by molar-refractivity contribution is 7.98. The van der Waals surface area contributed by atoms with Crippen molar-refractivity contribution in [3.8, 4) is 0 Å². The van der Waals surface area contributed by atoms with Crippen molar-refractivity contribution in [1.82, 2.24) is 15.5 Å². The summed E-state index contributed by atoms with van der Waals surface area (Å²) in [5, 5.41) is 6.57. The van der Waals surface area contributed by atoms with Crippen LogP contribution in [0.4, 0.5) is 0 Å². The van der Waals surface area contributed by atoms with Gasteiger partial charge in [-0.25, -0.2) is 0 Å². The lowest BCUT2D eigenvalue weighted by atomic mass is 10.1. The first-order chi connectivity index (χ1) is 13.7. The lowest BCUT2D eigenvalue weighted by molar-refractivity contribution is -0.125. The van der Waals surface area contributed by atoms with Crippen LogP contribution in [0.5, 0.6) is 0 Å². The number of fused-ring (bicyclic) bond motifs is 1. The van der Waals surface area contributed by atoms with Crippen LogP contribution in [-0.4, -0.2) is 48.8 Å². The zero-order chi connectivity index (χ0) is 19.5. The van der Waals surface area contributed by atoms with Crippen LogP contribution >= 0.6 is 11.8 Å². The van der Waals surface area contributed by atoms with Gasteiger partial charge in [0.05, 0.1) is 6.04 Å². The first kappa shape index (κ1) is 19.5. The number of rotatable bonds is 6. The van der Waals surface area contributed by atoms with Crippen LogP contribution in [0.3, 0.4) is 0 Å². The molecule has 1 aliphatic carbocycles. The SMILES string of the molecule is CNC(=O)[C@@H]1C[C@H](NCc2ccc(SC)cc2)CN1C1Cc2ccccc2C1. The van der Waals surface area contributed by atoms with E-state index in [1.165, 1.54) is 21.6 Å². The second-order valence-electron chi connectivity index (χ2n) is 7.82. The zero-order valence-corrected chi connectivity index (χ0v) is 17.5. The van der Waals surface area contributed by atoms with Gasteiger partial charge in [-0.2, -0.15) is 0 Å². The van der Waals surface area contributed by atoms with E-state index in [-0.39, 0.29) is 11.9 Å². The Bertz CT molecular complexity index is 798. The summed E-state index contributed by atoms with van der Waals surface area (Å²) in [4.78, 5) is 16.3. The molecule has 1 heterocycles. The van der Waals surface area contributed by atoms with Crippen molar-refractivity contribution in [3.63, 3.8) is 0 Å². The molecule has 2 aromatic carbocycles. The fourth-order valence-corrected chi connectivity index (χ4v) is 5.02. The first-order valence-corrected chi connectivity index (χ1v) is 11.3. The molecule has 1 fully saturated rings. The minimum Gasteiger partial charge on any atom is -0.358 e. The molecule has 5 heteroatoms. The molecule has 2 atom stereocenters. The van der Waals surface area contributed by atoms with Crippen molar-refractivity contribution in [3.05, 3.63) is 65.2 Å². The van der Waals surface area contributed by atoms with Crippen molar-refractivity contribution in [2.75, 3.05) is 19.8 Å². The van der Waals surface area contributed by atoms with E-state index in [0.717, 1.165) is 32.4 Å². The fourth-order valence-electron chi connectivity index (χ4n) is 4.61. The summed E-state index contributed by atoms with van der Waals surface area (Å²) in [7, 11) is 1.75. The molecule has 1 saturated heterocycles. The molecule has 28 heavy (non-hydrogen) atoms. The number of hydrogen-bond acceptors (Lipinski definition) is 4. The van der Waals surface area contributed by atoms with Gasteiger partial charge in [-0.1, -0.05) is 36.4 Å². The van der Waals surface area contributed by atoms with E-state index >= 15 is 0 Å². The molecule has 2 aromatic rings. The molecule has 148 valence electrons. The molecule has 1 amide bonds. The van der Waals surface area contributed by atoms with Gasteiger partial charge in [0.15, 0.2) is 0 Å². The number of likely N-dealkylation sites (N-methyl/N-ethyl adjacent to an activating group) is 1. The second kappa shape index (κ2) is 8.68. The molecule has 2 aliphatic rings. The fraction of sp³-hybridized carbons (Fsp3) is 0.435. The summed E-state index contributed by atoms with van der Waals surface area (Å²) >= 11 is 1.76. The molecule has 2 N–H and O–H groups in total. The third-order valence-electron chi connectivity index (χ3n) is 6.14. The Morgan fingerprint density at radius 2 is 1.79 bits per heavy atom. The molecule has 0 spiro atoms. The largest absolute Gasteiger partial charge is 0.358 e. The Morgan fingerprint density at radius 3 is 2.39 bits per heavy atom. The summed E-state index contributed by atoms with van der Waals surface area (Å²) in [6.07, 6.45) is 5.06. The molecule has 0 unspecified atom stereocenters. The number of carbonyl (C=O) groups is 1. The predicted octanol–water partition coefficient (Wildman–Crippen LogP) is 2.85. The monoisotopic (exact) mass is 395 g/mol. The molecule has 4 nitrogen and oxygen atoms in total. The Morgan fingerprint density at radius 1 is 1.11 bits per heavy atom. The van der Waals surface area contributed by atoms with Crippen LogP contribution in [0.15, 0.2) is 53.4 Å². The van der Waals surface area contributed by atoms with E-state index in [0.29, 0.717) is 12.1 Å². The van der Waals surface area contributed by atoms with E-state index in [1.807, 2.05) is 0 Å². The smallest absolute Gasteiger partial charge is 0.237 e. The van der Waals surface area contributed by atoms with Gasteiger partial charge < -0.3 is 10.6 Å². The first-order valence-electron chi connectivity index (χ1n) is 10.1. The third-order valence-corrected chi connectivity index (χ3v) is 6.88. The average molecular weight is 396 g/mol. The van der Waals surface area contributed by atoms with Crippen LogP contribution in [0, 0.1) is 0 Å². The zero-order valence-electron chi connectivity index (χ0n) is 16.7. The van der Waals surface area contributed by atoms with Crippen LogP contribution in [0.1, 0.15) is 23.1 Å². The van der Waals surface area contributed by atoms with Gasteiger partial charge >= 0.3 is 0 Å². The van der Waals surface area contributed by atoms with Crippen molar-refractivity contribution in [2.45, 2.75) is 48.8 Å². The van der Waals surface area contributed by atoms with Gasteiger partial charge in [0.1, 0.15) is 0 Å². The van der Waals surface area contributed by atoms with Gasteiger partial charge in [-0.15, -0.1) is 11.8 Å². The van der Waals surface area contributed by atoms with Gasteiger partial charge in [-0.05, 0) is 54.3 Å². The number of likely N-dealkylation sites (tertiary alicyclic amines) is 1. The Kier molecular flexibility index (Phi) is 6.04. The van der Waals surface area contributed by atoms with Crippen molar-refractivity contribution in [2.24, 2.45) is 0 Å². The number of amides is 1. The van der Waals surface area contributed by atoms with E-state index in [4.69, 9.17) is 0 Å². The highest BCUT2D eigenvalue weighted by Crippen LogP contribution is 2.31. The lowest BCUT2D eigenvalue weighted by Crippen LogP contribution is -2.47. The standard InChI is InChI=1S/C23H29N3OS/c1-24-23(27)22-13-19(25-14-16-7-9-21(28-2)10-8-16)15-26(22)20-11-17-5-3-4-6-18(17)12-20/h3-10,19-20,22,25H,11-15H2,1-2H3,(H,24,27)/t19-,22-/m0/s1. The molecule has 0 bridgehead atoms. The normalized spacial score (nSPS) is 22.4. The molecule has 0 saturated carbocycles. The number of nitrogens with one attached hydrogen (secondary N) is 2. The topological polar surface area (TPSA) is 44.4 Å². The third kappa shape index (κ3) is 4.12. The summed E-state index contributed by atoms with van der Waals surface area (Å²) in [5.41, 5.74) is 4.17. The molecule has 0 aromatic heterocycles. The number of nitrogens with zero attached hydrogens (tertiary/aromatic N) is 1. The van der Waals surface area contributed by atoms with Crippen LogP contribution in [0.25, 0.3) is 0 Å². The molecular weight excluding hydrogens is 366 g/mol. The van der Waals surface area contributed by atoms with Gasteiger partial charge in [0.25, 0.3) is 0 Å². The van der Waals surface area contributed by atoms with E-state index in [1.54, 1.807) is 18.8 Å². The molecule has 0 radical (unpaired) electrons. The summed E-state index contributed by atoms with van der Waals surface area (Å²) in [6, 6.07) is 18.1. The Hall–Kier alpha value is -1.82. The molecule has 1 aliphatic heterocycles. The predicted molar refractivity (Wildman–Crippen MR) is 116 cm³/mol. The van der Waals surface area contributed by atoms with E-state index < -0.39 is 0 Å². The quantitative estimate of drug-likeness (QED) is 0.739. The minimum absolute atomic E-state index is 0.0410. The highest BCUT2D eigenvalue weighted by Gasteiger charge is 2.41. The number of hydrogen-bond donors (Lipinski definition) is 2. The van der Waals surface area contributed by atoms with Crippen molar-refractivity contribution in [1.29, 1.82) is 0 Å².